The van der Waals surface area contributed by atoms with E-state index >= 15 is 0 Å². The van der Waals surface area contributed by atoms with Crippen molar-refractivity contribution in [3.8, 4) is 0 Å². The minimum absolute atomic E-state index is 0.106. The van der Waals surface area contributed by atoms with Gasteiger partial charge in [-0.1, -0.05) is 0 Å². The molecule has 1 saturated heterocycles. The first-order valence-corrected chi connectivity index (χ1v) is 6.55. The Morgan fingerprint density at radius 2 is 2.11 bits per heavy atom. The quantitative estimate of drug-likeness (QED) is 0.605. The first-order valence-electron chi connectivity index (χ1n) is 6.55. The van der Waals surface area contributed by atoms with Crippen molar-refractivity contribution >= 4 is 17.9 Å². The molecule has 7 heteroatoms. The lowest BCUT2D eigenvalue weighted by atomic mass is 9.67. The molecule has 1 heterocycles. The number of amides is 3. The third-order valence-corrected chi connectivity index (χ3v) is 4.89. The molecule has 0 aromatic carbocycles. The Bertz CT molecular complexity index is 474. The van der Waals surface area contributed by atoms with Crippen LogP contribution in [0.5, 0.6) is 0 Å². The van der Waals surface area contributed by atoms with Crippen molar-refractivity contribution in [2.24, 2.45) is 11.7 Å². The molecule has 3 amide bonds. The number of nitrogens with one attached hydrogen (secondary N) is 1. The molecule has 3 fully saturated rings. The number of nitrogens with two attached hydrogens (primary N) is 1. The van der Waals surface area contributed by atoms with Gasteiger partial charge in [0.2, 0.25) is 0 Å². The number of imide groups is 1. The fraction of sp³-hybridized carbons (Fsp3) is 0.750. The molecule has 104 valence electrons. The van der Waals surface area contributed by atoms with Crippen molar-refractivity contribution in [1.82, 2.24) is 10.2 Å². The van der Waals surface area contributed by atoms with Crippen LogP contribution in [0.4, 0.5) is 4.79 Å². The van der Waals surface area contributed by atoms with E-state index < -0.39 is 23.1 Å². The molecule has 0 aromatic rings. The maximum atomic E-state index is 12.2. The highest BCUT2D eigenvalue weighted by Gasteiger charge is 2.57. The van der Waals surface area contributed by atoms with Crippen LogP contribution in [0.15, 0.2) is 0 Å². The fourth-order valence-corrected chi connectivity index (χ4v) is 3.13. The van der Waals surface area contributed by atoms with Crippen molar-refractivity contribution in [2.45, 2.75) is 43.2 Å². The van der Waals surface area contributed by atoms with Crippen molar-refractivity contribution in [3.05, 3.63) is 0 Å². The summed E-state index contributed by atoms with van der Waals surface area (Å²) in [6.07, 6.45) is 3.30. The monoisotopic (exact) mass is 267 g/mol. The van der Waals surface area contributed by atoms with E-state index in [0.29, 0.717) is 25.7 Å². The predicted octanol–water partition coefficient (Wildman–Crippen LogP) is -0.347. The summed E-state index contributed by atoms with van der Waals surface area (Å²) in [5, 5.41) is 11.8. The second-order valence-corrected chi connectivity index (χ2v) is 5.86. The topological polar surface area (TPSA) is 113 Å². The van der Waals surface area contributed by atoms with Gasteiger partial charge in [-0.25, -0.2) is 4.79 Å². The Hall–Kier alpha value is -1.63. The largest absolute Gasteiger partial charge is 0.480 e. The SMILES string of the molecule is NC1(C(=O)O)CC[C@@H]1CN1C(=O)NC2(CCC2)C1=O. The third kappa shape index (κ3) is 1.51. The number of hydrogen-bond donors (Lipinski definition) is 3. The van der Waals surface area contributed by atoms with Gasteiger partial charge in [-0.3, -0.25) is 14.5 Å². The highest BCUT2D eigenvalue weighted by molar-refractivity contribution is 6.07. The molecule has 7 nitrogen and oxygen atoms in total. The molecular weight excluding hydrogens is 250 g/mol. The molecule has 1 aliphatic heterocycles. The standard InChI is InChI=1S/C12H17N3O4/c13-12(9(17)18)5-2-7(12)6-15-8(16)11(3-1-4-11)14-10(15)19/h7H,1-6,13H2,(H,14,19)(H,17,18)/t7-,12?/m1/s1. The van der Waals surface area contributed by atoms with Crippen molar-refractivity contribution in [3.63, 3.8) is 0 Å². The molecular formula is C12H17N3O4. The molecule has 2 saturated carbocycles. The molecule has 19 heavy (non-hydrogen) atoms. The lowest BCUT2D eigenvalue weighted by Gasteiger charge is -2.44. The van der Waals surface area contributed by atoms with E-state index in [1.165, 1.54) is 0 Å². The summed E-state index contributed by atoms with van der Waals surface area (Å²) < 4.78 is 0. The van der Waals surface area contributed by atoms with Crippen molar-refractivity contribution < 1.29 is 19.5 Å². The lowest BCUT2D eigenvalue weighted by Crippen LogP contribution is -2.64. The molecule has 1 spiro atoms. The van der Waals surface area contributed by atoms with Gasteiger partial charge in [0.05, 0.1) is 0 Å². The number of carbonyl (C=O) groups is 3. The first kappa shape index (κ1) is 12.4. The lowest BCUT2D eigenvalue weighted by molar-refractivity contribution is -0.152. The van der Waals surface area contributed by atoms with Crippen LogP contribution in [0, 0.1) is 5.92 Å². The Morgan fingerprint density at radius 1 is 1.42 bits per heavy atom. The van der Waals surface area contributed by atoms with Gasteiger partial charge in [0.15, 0.2) is 0 Å². The summed E-state index contributed by atoms with van der Waals surface area (Å²) in [6, 6.07) is -0.413. The van der Waals surface area contributed by atoms with Crippen LogP contribution in [0.1, 0.15) is 32.1 Å². The van der Waals surface area contributed by atoms with E-state index in [2.05, 4.69) is 5.32 Å². The van der Waals surface area contributed by atoms with Crippen LogP contribution >= 0.6 is 0 Å². The zero-order valence-corrected chi connectivity index (χ0v) is 10.5. The zero-order valence-electron chi connectivity index (χ0n) is 10.5. The molecule has 2 atom stereocenters. The van der Waals surface area contributed by atoms with Crippen LogP contribution in [0.2, 0.25) is 0 Å². The summed E-state index contributed by atoms with van der Waals surface area (Å²) in [6.45, 7) is 0.106. The molecule has 2 aliphatic carbocycles. The Balaban J connectivity index is 1.72. The number of hydrogen-bond acceptors (Lipinski definition) is 4. The highest BCUT2D eigenvalue weighted by Crippen LogP contribution is 2.41. The third-order valence-electron chi connectivity index (χ3n) is 4.89. The van der Waals surface area contributed by atoms with Gasteiger partial charge in [0.1, 0.15) is 11.1 Å². The van der Waals surface area contributed by atoms with Crippen molar-refractivity contribution in [2.75, 3.05) is 6.54 Å². The van der Waals surface area contributed by atoms with Crippen LogP contribution in [0.3, 0.4) is 0 Å². The van der Waals surface area contributed by atoms with E-state index in [1.807, 2.05) is 0 Å². The Kier molecular flexibility index (Phi) is 2.41. The molecule has 0 radical (unpaired) electrons. The Labute approximate surface area is 110 Å². The van der Waals surface area contributed by atoms with E-state index in [9.17, 15) is 14.4 Å². The minimum atomic E-state index is -1.30. The van der Waals surface area contributed by atoms with Gasteiger partial charge in [-0.15, -0.1) is 0 Å². The maximum absolute atomic E-state index is 12.2. The second-order valence-electron chi connectivity index (χ2n) is 5.86. The summed E-state index contributed by atoms with van der Waals surface area (Å²) in [5.41, 5.74) is 3.80. The van der Waals surface area contributed by atoms with Gasteiger partial charge in [0, 0.05) is 12.5 Å². The number of rotatable bonds is 3. The smallest absolute Gasteiger partial charge is 0.325 e. The number of urea groups is 1. The minimum Gasteiger partial charge on any atom is -0.480 e. The number of carbonyl (C=O) groups excluding carboxylic acids is 2. The van der Waals surface area contributed by atoms with Gasteiger partial charge >= 0.3 is 12.0 Å². The molecule has 0 aromatic heterocycles. The first-order chi connectivity index (χ1) is 8.89. The van der Waals surface area contributed by atoms with Crippen LogP contribution in [0.25, 0.3) is 0 Å². The van der Waals surface area contributed by atoms with E-state index in [4.69, 9.17) is 10.8 Å². The summed E-state index contributed by atoms with van der Waals surface area (Å²) >= 11 is 0. The van der Waals surface area contributed by atoms with Crippen LogP contribution in [-0.4, -0.2) is 45.5 Å². The van der Waals surface area contributed by atoms with Crippen molar-refractivity contribution in [1.29, 1.82) is 0 Å². The average Bonchev–Trinajstić information content (AvgIpc) is 2.55. The zero-order chi connectivity index (χ0) is 13.8. The van der Waals surface area contributed by atoms with Crippen LogP contribution in [-0.2, 0) is 9.59 Å². The fourth-order valence-electron chi connectivity index (χ4n) is 3.13. The summed E-state index contributed by atoms with van der Waals surface area (Å²) in [7, 11) is 0. The predicted molar refractivity (Wildman–Crippen MR) is 64.1 cm³/mol. The second kappa shape index (κ2) is 3.69. The van der Waals surface area contributed by atoms with Gasteiger partial charge in [-0.05, 0) is 32.1 Å². The summed E-state index contributed by atoms with van der Waals surface area (Å²) in [5.74, 6) is -1.63. The molecule has 3 aliphatic rings. The number of nitrogens with zero attached hydrogens (tertiary/aromatic N) is 1. The van der Waals surface area contributed by atoms with Gasteiger partial charge in [0.25, 0.3) is 5.91 Å². The average molecular weight is 267 g/mol. The summed E-state index contributed by atoms with van der Waals surface area (Å²) in [4.78, 5) is 36.3. The highest BCUT2D eigenvalue weighted by atomic mass is 16.4. The molecule has 3 rings (SSSR count). The van der Waals surface area contributed by atoms with Gasteiger partial charge < -0.3 is 16.2 Å². The van der Waals surface area contributed by atoms with E-state index in [-0.39, 0.29) is 18.4 Å². The molecule has 0 bridgehead atoms. The Morgan fingerprint density at radius 3 is 2.47 bits per heavy atom. The number of carboxylic acids is 1. The van der Waals surface area contributed by atoms with Crippen LogP contribution < -0.4 is 11.1 Å². The molecule has 4 N–H and O–H groups in total. The number of aliphatic carboxylic acids is 1. The maximum Gasteiger partial charge on any atom is 0.325 e. The van der Waals surface area contributed by atoms with Gasteiger partial charge in [-0.2, -0.15) is 0 Å². The van der Waals surface area contributed by atoms with E-state index in [1.54, 1.807) is 0 Å². The molecule has 1 unspecified atom stereocenters. The normalized spacial score (nSPS) is 35.8. The van der Waals surface area contributed by atoms with E-state index in [0.717, 1.165) is 11.3 Å². The number of carboxylic acid groups (broad SMARTS) is 1.